The monoisotopic (exact) mass is 531 g/mol. The van der Waals surface area contributed by atoms with Crippen LogP contribution in [0, 0.1) is 5.82 Å². The highest BCUT2D eigenvalue weighted by Gasteiger charge is 2.30. The summed E-state index contributed by atoms with van der Waals surface area (Å²) in [5.74, 6) is -2.02. The van der Waals surface area contributed by atoms with Crippen LogP contribution in [0.2, 0.25) is 0 Å². The van der Waals surface area contributed by atoms with Gasteiger partial charge in [-0.25, -0.2) is 4.39 Å². The topological polar surface area (TPSA) is 114 Å². The Kier molecular flexibility index (Phi) is 8.75. The number of benzene rings is 2. The number of rotatable bonds is 9. The molecule has 11 heteroatoms. The normalized spacial score (nSPS) is 16.5. The number of anilines is 2. The molecule has 0 spiro atoms. The van der Waals surface area contributed by atoms with Crippen LogP contribution in [0.1, 0.15) is 39.0 Å². The number of carbonyl (C=O) groups is 3. The number of ether oxygens (including phenoxy) is 2. The van der Waals surface area contributed by atoms with Gasteiger partial charge in [-0.15, -0.1) is 0 Å². The van der Waals surface area contributed by atoms with Crippen LogP contribution in [0.4, 0.5) is 15.8 Å². The maximum absolute atomic E-state index is 14.0. The summed E-state index contributed by atoms with van der Waals surface area (Å²) in [6.45, 7) is 1.65. The largest absolute Gasteiger partial charge is 0.454 e. The average molecular weight is 532 g/mol. The molecule has 0 bridgehead atoms. The molecule has 37 heavy (non-hydrogen) atoms. The molecule has 0 unspecified atom stereocenters. The van der Waals surface area contributed by atoms with E-state index in [1.165, 1.54) is 18.2 Å². The lowest BCUT2D eigenvalue weighted by molar-refractivity contribution is -0.126. The molecule has 0 saturated heterocycles. The van der Waals surface area contributed by atoms with Gasteiger partial charge in [0.15, 0.2) is 11.5 Å². The lowest BCUT2D eigenvalue weighted by Crippen LogP contribution is -2.52. The van der Waals surface area contributed by atoms with Crippen LogP contribution in [-0.4, -0.2) is 52.3 Å². The van der Waals surface area contributed by atoms with E-state index in [4.69, 9.17) is 9.47 Å². The number of carbonyl (C=O) groups excluding carboxylic acids is 3. The molecule has 3 amide bonds. The summed E-state index contributed by atoms with van der Waals surface area (Å²) < 4.78 is 37.2. The van der Waals surface area contributed by atoms with E-state index in [2.05, 4.69) is 10.6 Å². The molecule has 4 rings (SSSR count). The SMILES string of the molecule is C[C@H](C(=O)NC1CCCCC1)N(C(=O)C[S@@](=O)CC(=O)Nc1ccc2c(c1)OCO2)c1cccc(F)c1. The van der Waals surface area contributed by atoms with Crippen molar-refractivity contribution in [2.75, 3.05) is 28.5 Å². The zero-order valence-corrected chi connectivity index (χ0v) is 21.4. The van der Waals surface area contributed by atoms with Crippen LogP contribution in [-0.2, 0) is 25.2 Å². The second-order valence-corrected chi connectivity index (χ2v) is 10.6. The molecule has 2 aliphatic rings. The molecule has 198 valence electrons. The molecule has 9 nitrogen and oxygen atoms in total. The molecule has 2 aromatic rings. The summed E-state index contributed by atoms with van der Waals surface area (Å²) in [6, 6.07) is 9.26. The fourth-order valence-corrected chi connectivity index (χ4v) is 5.35. The van der Waals surface area contributed by atoms with Crippen molar-refractivity contribution < 1.29 is 32.5 Å². The summed E-state index contributed by atoms with van der Waals surface area (Å²) in [7, 11) is -1.87. The standard InChI is InChI=1S/C26H30FN3O6S/c1-17(26(33)29-19-7-3-2-4-8-19)30(21-9-5-6-18(27)12-21)25(32)15-37(34)14-24(31)28-20-10-11-22-23(13-20)36-16-35-22/h5-6,9-13,17,19H,2-4,7-8,14-16H2,1H3,(H,28,31)(H,29,33)/t17-,37+/m1/s1. The third kappa shape index (κ3) is 7.06. The number of nitrogens with one attached hydrogen (secondary N) is 2. The van der Waals surface area contributed by atoms with E-state index in [1.54, 1.807) is 25.1 Å². The van der Waals surface area contributed by atoms with E-state index in [0.717, 1.165) is 43.1 Å². The first-order valence-electron chi connectivity index (χ1n) is 12.2. The van der Waals surface area contributed by atoms with Gasteiger partial charge in [0, 0.05) is 34.3 Å². The van der Waals surface area contributed by atoms with Crippen LogP contribution in [0.5, 0.6) is 11.5 Å². The Morgan fingerprint density at radius 2 is 1.81 bits per heavy atom. The molecule has 1 aliphatic carbocycles. The summed E-state index contributed by atoms with van der Waals surface area (Å²) in [6.07, 6.45) is 4.92. The zero-order valence-electron chi connectivity index (χ0n) is 20.5. The first kappa shape index (κ1) is 26.6. The number of hydrogen-bond donors (Lipinski definition) is 2. The molecular weight excluding hydrogens is 501 g/mol. The first-order valence-corrected chi connectivity index (χ1v) is 13.7. The Morgan fingerprint density at radius 3 is 2.57 bits per heavy atom. The molecule has 0 radical (unpaired) electrons. The van der Waals surface area contributed by atoms with Crippen LogP contribution >= 0.6 is 0 Å². The fraction of sp³-hybridized carbons (Fsp3) is 0.423. The van der Waals surface area contributed by atoms with Gasteiger partial charge in [-0.2, -0.15) is 0 Å². The molecule has 1 fully saturated rings. The van der Waals surface area contributed by atoms with Gasteiger partial charge in [0.1, 0.15) is 23.4 Å². The maximum atomic E-state index is 14.0. The van der Waals surface area contributed by atoms with Crippen molar-refractivity contribution >= 4 is 39.9 Å². The predicted octanol–water partition coefficient (Wildman–Crippen LogP) is 3.11. The van der Waals surface area contributed by atoms with Crippen LogP contribution < -0.4 is 25.0 Å². The number of halogens is 1. The number of amides is 3. The quantitative estimate of drug-likeness (QED) is 0.514. The Hall–Kier alpha value is -3.47. The number of hydrogen-bond acceptors (Lipinski definition) is 6. The van der Waals surface area contributed by atoms with E-state index in [1.807, 2.05) is 0 Å². The van der Waals surface area contributed by atoms with E-state index >= 15 is 0 Å². The molecule has 1 aliphatic heterocycles. The van der Waals surface area contributed by atoms with Gasteiger partial charge in [0.2, 0.25) is 24.5 Å². The summed E-state index contributed by atoms with van der Waals surface area (Å²) in [5.41, 5.74) is 0.616. The fourth-order valence-electron chi connectivity index (χ4n) is 4.47. The minimum absolute atomic E-state index is 0.0298. The lowest BCUT2D eigenvalue weighted by Gasteiger charge is -2.31. The van der Waals surface area contributed by atoms with Crippen molar-refractivity contribution in [3.05, 3.63) is 48.3 Å². The molecule has 2 atom stereocenters. The molecule has 1 heterocycles. The highest BCUT2D eigenvalue weighted by Crippen LogP contribution is 2.34. The smallest absolute Gasteiger partial charge is 0.243 e. The van der Waals surface area contributed by atoms with E-state index in [9.17, 15) is 23.0 Å². The highest BCUT2D eigenvalue weighted by molar-refractivity contribution is 7.86. The van der Waals surface area contributed by atoms with Crippen LogP contribution in [0.3, 0.4) is 0 Å². The minimum atomic E-state index is -1.87. The third-order valence-corrected chi connectivity index (χ3v) is 7.46. The Bertz CT molecular complexity index is 1190. The van der Waals surface area contributed by atoms with Gasteiger partial charge in [-0.1, -0.05) is 25.3 Å². The first-order chi connectivity index (χ1) is 17.8. The molecule has 2 aromatic carbocycles. The Morgan fingerprint density at radius 1 is 1.05 bits per heavy atom. The molecule has 1 saturated carbocycles. The second-order valence-electron chi connectivity index (χ2n) is 9.11. The lowest BCUT2D eigenvalue weighted by atomic mass is 9.95. The van der Waals surface area contributed by atoms with E-state index in [0.29, 0.717) is 17.2 Å². The van der Waals surface area contributed by atoms with Gasteiger partial charge in [-0.3, -0.25) is 23.5 Å². The third-order valence-electron chi connectivity index (χ3n) is 6.31. The average Bonchev–Trinajstić information content (AvgIpc) is 3.32. The summed E-state index contributed by atoms with van der Waals surface area (Å²) in [5, 5.41) is 5.61. The van der Waals surface area contributed by atoms with Crippen LogP contribution in [0.25, 0.3) is 0 Å². The van der Waals surface area contributed by atoms with Crippen molar-refractivity contribution in [3.63, 3.8) is 0 Å². The van der Waals surface area contributed by atoms with Gasteiger partial charge in [0.25, 0.3) is 0 Å². The summed E-state index contributed by atoms with van der Waals surface area (Å²) >= 11 is 0. The molecular formula is C26H30FN3O6S. The van der Waals surface area contributed by atoms with E-state index in [-0.39, 0.29) is 24.4 Å². The zero-order chi connectivity index (χ0) is 26.4. The number of fused-ring (bicyclic) bond motifs is 1. The Labute approximate surface area is 217 Å². The number of nitrogens with zero attached hydrogens (tertiary/aromatic N) is 1. The van der Waals surface area contributed by atoms with Gasteiger partial charge < -0.3 is 20.1 Å². The van der Waals surface area contributed by atoms with Crippen molar-refractivity contribution in [1.82, 2.24) is 5.32 Å². The Balaban J connectivity index is 1.40. The van der Waals surface area contributed by atoms with Gasteiger partial charge in [0.05, 0.1) is 0 Å². The maximum Gasteiger partial charge on any atom is 0.243 e. The minimum Gasteiger partial charge on any atom is -0.454 e. The van der Waals surface area contributed by atoms with Gasteiger partial charge in [-0.05, 0) is 50.1 Å². The second kappa shape index (κ2) is 12.2. The molecule has 2 N–H and O–H groups in total. The molecule has 0 aromatic heterocycles. The van der Waals surface area contributed by atoms with Crippen LogP contribution in [0.15, 0.2) is 42.5 Å². The van der Waals surface area contributed by atoms with Crippen molar-refractivity contribution in [1.29, 1.82) is 0 Å². The van der Waals surface area contributed by atoms with E-state index < -0.39 is 46.0 Å². The van der Waals surface area contributed by atoms with Gasteiger partial charge >= 0.3 is 0 Å². The van der Waals surface area contributed by atoms with Crippen molar-refractivity contribution in [2.45, 2.75) is 51.1 Å². The van der Waals surface area contributed by atoms with Crippen molar-refractivity contribution in [3.8, 4) is 11.5 Å². The highest BCUT2D eigenvalue weighted by atomic mass is 32.2. The predicted molar refractivity (Wildman–Crippen MR) is 137 cm³/mol. The summed E-state index contributed by atoms with van der Waals surface area (Å²) in [4.78, 5) is 39.8. The van der Waals surface area contributed by atoms with Crippen molar-refractivity contribution in [2.24, 2.45) is 0 Å².